The minimum absolute atomic E-state index is 0.256. The molecule has 1 rings (SSSR count). The number of benzene rings is 1. The lowest BCUT2D eigenvalue weighted by Gasteiger charge is -2.04. The number of esters is 1. The smallest absolute Gasteiger partial charge is 0.338 e. The predicted molar refractivity (Wildman–Crippen MR) is 65.5 cm³/mol. The maximum Gasteiger partial charge on any atom is 0.338 e. The second kappa shape index (κ2) is 6.11. The van der Waals surface area contributed by atoms with E-state index in [9.17, 15) is 4.79 Å². The van der Waals surface area contributed by atoms with Gasteiger partial charge in [-0.25, -0.2) is 4.79 Å². The van der Waals surface area contributed by atoms with Crippen molar-refractivity contribution in [2.45, 2.75) is 26.7 Å². The van der Waals surface area contributed by atoms with Gasteiger partial charge >= 0.3 is 5.97 Å². The summed E-state index contributed by atoms with van der Waals surface area (Å²) in [4.78, 5) is 11.4. The van der Waals surface area contributed by atoms with Gasteiger partial charge in [-0.05, 0) is 44.4 Å². The molecule has 0 unspecified atom stereocenters. The number of carbonyl (C=O) groups excluding carboxylic acids is 1. The minimum atomic E-state index is -0.256. The zero-order valence-electron chi connectivity index (χ0n) is 9.95. The van der Waals surface area contributed by atoms with E-state index < -0.39 is 0 Å². The summed E-state index contributed by atoms with van der Waals surface area (Å²) in [6.45, 7) is 8.10. The zero-order chi connectivity index (χ0) is 12.0. The van der Waals surface area contributed by atoms with Gasteiger partial charge in [0.05, 0.1) is 12.2 Å². The van der Waals surface area contributed by atoms with Gasteiger partial charge in [-0.3, -0.25) is 0 Å². The zero-order valence-corrected chi connectivity index (χ0v) is 9.95. The number of allylic oxidation sites excluding steroid dienone is 1. The summed E-state index contributed by atoms with van der Waals surface area (Å²) in [6.07, 6.45) is 1.96. The van der Waals surface area contributed by atoms with Crippen molar-refractivity contribution in [1.29, 1.82) is 0 Å². The minimum Gasteiger partial charge on any atom is -0.462 e. The summed E-state index contributed by atoms with van der Waals surface area (Å²) in [5.74, 6) is -0.256. The van der Waals surface area contributed by atoms with Crippen molar-refractivity contribution in [3.05, 3.63) is 47.5 Å². The highest BCUT2D eigenvalue weighted by Crippen LogP contribution is 2.10. The molecule has 0 aliphatic rings. The largest absolute Gasteiger partial charge is 0.462 e. The molecule has 0 radical (unpaired) electrons. The third kappa shape index (κ3) is 3.89. The lowest BCUT2D eigenvalue weighted by atomic mass is 10.0. The molecule has 0 saturated carbocycles. The van der Waals surface area contributed by atoms with Crippen LogP contribution in [-0.4, -0.2) is 12.6 Å². The van der Waals surface area contributed by atoms with E-state index in [1.807, 2.05) is 31.2 Å². The Kier molecular flexibility index (Phi) is 4.77. The number of hydrogen-bond acceptors (Lipinski definition) is 2. The third-order valence-electron chi connectivity index (χ3n) is 2.31. The van der Waals surface area contributed by atoms with E-state index in [1.165, 1.54) is 11.1 Å². The van der Waals surface area contributed by atoms with E-state index in [0.717, 1.165) is 12.8 Å². The SMILES string of the molecule is C=C(C)CCc1ccc(C(=O)OCC)cc1. The summed E-state index contributed by atoms with van der Waals surface area (Å²) in [5, 5.41) is 0. The Bertz CT molecular complexity index is 363. The van der Waals surface area contributed by atoms with Crippen molar-refractivity contribution in [2.75, 3.05) is 6.61 Å². The molecule has 0 aromatic heterocycles. The molecule has 0 spiro atoms. The average Bonchev–Trinajstić information content (AvgIpc) is 2.27. The first-order valence-corrected chi connectivity index (χ1v) is 5.54. The predicted octanol–water partition coefficient (Wildman–Crippen LogP) is 3.37. The first-order valence-electron chi connectivity index (χ1n) is 5.54. The quantitative estimate of drug-likeness (QED) is 0.559. The molecular weight excluding hydrogens is 200 g/mol. The fourth-order valence-corrected chi connectivity index (χ4v) is 1.38. The molecular formula is C14H18O2. The third-order valence-corrected chi connectivity index (χ3v) is 2.31. The molecule has 2 heteroatoms. The maximum atomic E-state index is 11.4. The number of ether oxygens (including phenoxy) is 1. The van der Waals surface area contributed by atoms with Crippen molar-refractivity contribution in [2.24, 2.45) is 0 Å². The van der Waals surface area contributed by atoms with Crippen molar-refractivity contribution in [1.82, 2.24) is 0 Å². The standard InChI is InChI=1S/C14H18O2/c1-4-16-14(15)13-9-7-12(8-10-13)6-5-11(2)3/h7-10H,2,4-6H2,1,3H3. The highest BCUT2D eigenvalue weighted by atomic mass is 16.5. The number of hydrogen-bond donors (Lipinski definition) is 0. The first kappa shape index (κ1) is 12.5. The summed E-state index contributed by atoms with van der Waals surface area (Å²) in [6, 6.07) is 7.56. The Morgan fingerprint density at radius 3 is 2.44 bits per heavy atom. The van der Waals surface area contributed by atoms with Crippen LogP contribution in [-0.2, 0) is 11.2 Å². The fraction of sp³-hybridized carbons (Fsp3) is 0.357. The molecule has 0 amide bonds. The molecule has 0 aliphatic heterocycles. The van der Waals surface area contributed by atoms with Crippen LogP contribution in [0.5, 0.6) is 0 Å². The van der Waals surface area contributed by atoms with Crippen molar-refractivity contribution in [3.63, 3.8) is 0 Å². The summed E-state index contributed by atoms with van der Waals surface area (Å²) in [7, 11) is 0. The Morgan fingerprint density at radius 1 is 1.31 bits per heavy atom. The summed E-state index contributed by atoms with van der Waals surface area (Å²) < 4.78 is 4.91. The van der Waals surface area contributed by atoms with Gasteiger partial charge in [0, 0.05) is 0 Å². The second-order valence-electron chi connectivity index (χ2n) is 3.87. The van der Waals surface area contributed by atoms with Crippen LogP contribution in [0.1, 0.15) is 36.2 Å². The molecule has 86 valence electrons. The van der Waals surface area contributed by atoms with Crippen LogP contribution in [0.15, 0.2) is 36.4 Å². The van der Waals surface area contributed by atoms with E-state index in [0.29, 0.717) is 12.2 Å². The van der Waals surface area contributed by atoms with Crippen LogP contribution in [0.25, 0.3) is 0 Å². The van der Waals surface area contributed by atoms with E-state index in [-0.39, 0.29) is 5.97 Å². The second-order valence-corrected chi connectivity index (χ2v) is 3.87. The molecule has 0 atom stereocenters. The van der Waals surface area contributed by atoms with Crippen LogP contribution < -0.4 is 0 Å². The van der Waals surface area contributed by atoms with Gasteiger partial charge in [0.2, 0.25) is 0 Å². The van der Waals surface area contributed by atoms with Gasteiger partial charge in [0.15, 0.2) is 0 Å². The van der Waals surface area contributed by atoms with Crippen LogP contribution in [0, 0.1) is 0 Å². The highest BCUT2D eigenvalue weighted by molar-refractivity contribution is 5.89. The molecule has 0 fully saturated rings. The molecule has 2 nitrogen and oxygen atoms in total. The summed E-state index contributed by atoms with van der Waals surface area (Å²) in [5.41, 5.74) is 3.01. The molecule has 0 bridgehead atoms. The molecule has 0 N–H and O–H groups in total. The maximum absolute atomic E-state index is 11.4. The van der Waals surface area contributed by atoms with Gasteiger partial charge in [0.1, 0.15) is 0 Å². The van der Waals surface area contributed by atoms with Gasteiger partial charge in [-0.2, -0.15) is 0 Å². The molecule has 16 heavy (non-hydrogen) atoms. The molecule has 1 aromatic carbocycles. The van der Waals surface area contributed by atoms with Crippen molar-refractivity contribution < 1.29 is 9.53 Å². The van der Waals surface area contributed by atoms with E-state index in [4.69, 9.17) is 4.74 Å². The van der Waals surface area contributed by atoms with Crippen molar-refractivity contribution in [3.8, 4) is 0 Å². The molecule has 1 aromatic rings. The number of aryl methyl sites for hydroxylation is 1. The number of carbonyl (C=O) groups is 1. The Balaban J connectivity index is 2.60. The van der Waals surface area contributed by atoms with E-state index in [2.05, 4.69) is 6.58 Å². The fourth-order valence-electron chi connectivity index (χ4n) is 1.38. The van der Waals surface area contributed by atoms with Crippen LogP contribution in [0.4, 0.5) is 0 Å². The lowest BCUT2D eigenvalue weighted by Crippen LogP contribution is -2.04. The van der Waals surface area contributed by atoms with Gasteiger partial charge in [0.25, 0.3) is 0 Å². The van der Waals surface area contributed by atoms with Crippen LogP contribution >= 0.6 is 0 Å². The Hall–Kier alpha value is -1.57. The van der Waals surface area contributed by atoms with Gasteiger partial charge < -0.3 is 4.74 Å². The van der Waals surface area contributed by atoms with E-state index >= 15 is 0 Å². The lowest BCUT2D eigenvalue weighted by molar-refractivity contribution is 0.0526. The highest BCUT2D eigenvalue weighted by Gasteiger charge is 2.05. The molecule has 0 aliphatic carbocycles. The van der Waals surface area contributed by atoms with Gasteiger partial charge in [-0.15, -0.1) is 6.58 Å². The first-order chi connectivity index (χ1) is 7.63. The summed E-state index contributed by atoms with van der Waals surface area (Å²) >= 11 is 0. The number of rotatable bonds is 5. The Morgan fingerprint density at radius 2 is 1.94 bits per heavy atom. The topological polar surface area (TPSA) is 26.3 Å². The normalized spacial score (nSPS) is 9.88. The van der Waals surface area contributed by atoms with Crippen LogP contribution in [0.3, 0.4) is 0 Å². The average molecular weight is 218 g/mol. The van der Waals surface area contributed by atoms with Gasteiger partial charge in [-0.1, -0.05) is 17.7 Å². The monoisotopic (exact) mass is 218 g/mol. The molecule has 0 saturated heterocycles. The van der Waals surface area contributed by atoms with E-state index in [1.54, 1.807) is 6.92 Å². The van der Waals surface area contributed by atoms with Crippen molar-refractivity contribution >= 4 is 5.97 Å². The van der Waals surface area contributed by atoms with Crippen LogP contribution in [0.2, 0.25) is 0 Å². The molecule has 0 heterocycles. The Labute approximate surface area is 96.9 Å².